The molecule has 0 aliphatic rings. The minimum Gasteiger partial charge on any atom is -0.487 e. The number of carbonyl (C=O) groups is 1. The van der Waals surface area contributed by atoms with Crippen LogP contribution in [0, 0.1) is 0 Å². The molecule has 0 heterocycles. The zero-order valence-corrected chi connectivity index (χ0v) is 15.1. The Morgan fingerprint density at radius 2 is 1.79 bits per heavy atom. The zero-order chi connectivity index (χ0) is 17.7. The van der Waals surface area contributed by atoms with Crippen molar-refractivity contribution in [1.82, 2.24) is 0 Å². The average molecular weight is 348 g/mol. The summed E-state index contributed by atoms with van der Waals surface area (Å²) >= 11 is 6.07. The first kappa shape index (κ1) is 18.1. The van der Waals surface area contributed by atoms with Crippen LogP contribution in [0.4, 0.5) is 10.5 Å². The predicted octanol–water partition coefficient (Wildman–Crippen LogP) is 5.29. The van der Waals surface area contributed by atoms with Crippen molar-refractivity contribution >= 4 is 23.4 Å². The van der Waals surface area contributed by atoms with E-state index in [4.69, 9.17) is 21.1 Å². The lowest BCUT2D eigenvalue weighted by Gasteiger charge is -2.26. The van der Waals surface area contributed by atoms with Crippen LogP contribution < -0.4 is 9.64 Å². The third-order valence-electron chi connectivity index (χ3n) is 3.19. The maximum Gasteiger partial charge on any atom is 0.414 e. The van der Waals surface area contributed by atoms with E-state index in [0.29, 0.717) is 23.1 Å². The molecule has 0 bridgehead atoms. The first-order valence-electron chi connectivity index (χ1n) is 7.69. The van der Waals surface area contributed by atoms with Crippen LogP contribution in [0.5, 0.6) is 5.75 Å². The van der Waals surface area contributed by atoms with Crippen LogP contribution >= 0.6 is 11.6 Å². The Bertz CT molecular complexity index is 696. The zero-order valence-electron chi connectivity index (χ0n) is 14.4. The van der Waals surface area contributed by atoms with Gasteiger partial charge in [-0.25, -0.2) is 4.79 Å². The van der Waals surface area contributed by atoms with Gasteiger partial charge in [-0.15, -0.1) is 0 Å². The number of benzene rings is 2. The second-order valence-electron chi connectivity index (χ2n) is 6.43. The van der Waals surface area contributed by atoms with Crippen molar-refractivity contribution in [2.45, 2.75) is 33.0 Å². The Morgan fingerprint density at radius 1 is 1.12 bits per heavy atom. The second-order valence-corrected chi connectivity index (χ2v) is 6.86. The van der Waals surface area contributed by atoms with E-state index in [0.717, 1.165) is 5.56 Å². The molecule has 2 aromatic rings. The lowest BCUT2D eigenvalue weighted by molar-refractivity contribution is 0.0588. The summed E-state index contributed by atoms with van der Waals surface area (Å²) in [6.07, 6.45) is -0.450. The molecule has 2 aromatic carbocycles. The van der Waals surface area contributed by atoms with Gasteiger partial charge in [0, 0.05) is 18.1 Å². The number of halogens is 1. The van der Waals surface area contributed by atoms with E-state index in [1.54, 1.807) is 25.2 Å². The SMILES string of the molecule is CN(C(=O)OC(C)(C)C)c1ccc(Cl)cc1OCc1ccccc1. The molecular weight excluding hydrogens is 326 g/mol. The first-order valence-corrected chi connectivity index (χ1v) is 8.07. The molecule has 0 unspecified atom stereocenters. The Hall–Kier alpha value is -2.20. The highest BCUT2D eigenvalue weighted by Crippen LogP contribution is 2.32. The molecule has 0 saturated carbocycles. The standard InChI is InChI=1S/C19H22ClNO3/c1-19(2,3)24-18(22)21(4)16-11-10-15(20)12-17(16)23-13-14-8-6-5-7-9-14/h5-12H,13H2,1-4H3. The van der Waals surface area contributed by atoms with Crippen molar-refractivity contribution in [2.24, 2.45) is 0 Å². The number of amides is 1. The summed E-state index contributed by atoms with van der Waals surface area (Å²) in [5.74, 6) is 0.528. The van der Waals surface area contributed by atoms with E-state index in [1.165, 1.54) is 4.90 Å². The Morgan fingerprint density at radius 3 is 2.42 bits per heavy atom. The fourth-order valence-corrected chi connectivity index (χ4v) is 2.21. The maximum atomic E-state index is 12.3. The van der Waals surface area contributed by atoms with Crippen LogP contribution in [0.1, 0.15) is 26.3 Å². The van der Waals surface area contributed by atoms with E-state index in [-0.39, 0.29) is 0 Å². The molecular formula is C19H22ClNO3. The van der Waals surface area contributed by atoms with Crippen molar-refractivity contribution < 1.29 is 14.3 Å². The van der Waals surface area contributed by atoms with Crippen molar-refractivity contribution in [3.05, 3.63) is 59.1 Å². The number of carbonyl (C=O) groups excluding carboxylic acids is 1. The number of hydrogen-bond acceptors (Lipinski definition) is 3. The summed E-state index contributed by atoms with van der Waals surface area (Å²) in [7, 11) is 1.65. The minimum absolute atomic E-state index is 0.385. The summed E-state index contributed by atoms with van der Waals surface area (Å²) in [5, 5.41) is 0.541. The third-order valence-corrected chi connectivity index (χ3v) is 3.42. The number of nitrogens with zero attached hydrogens (tertiary/aromatic N) is 1. The van der Waals surface area contributed by atoms with Gasteiger partial charge in [0.15, 0.2) is 0 Å². The third kappa shape index (κ3) is 5.17. The van der Waals surface area contributed by atoms with Crippen LogP contribution in [-0.2, 0) is 11.3 Å². The number of hydrogen-bond donors (Lipinski definition) is 0. The van der Waals surface area contributed by atoms with Gasteiger partial charge < -0.3 is 9.47 Å². The maximum absolute atomic E-state index is 12.3. The van der Waals surface area contributed by atoms with Gasteiger partial charge in [-0.05, 0) is 38.5 Å². The topological polar surface area (TPSA) is 38.8 Å². The minimum atomic E-state index is -0.567. The van der Waals surface area contributed by atoms with Crippen LogP contribution in [0.15, 0.2) is 48.5 Å². The molecule has 128 valence electrons. The van der Waals surface area contributed by atoms with Crippen molar-refractivity contribution in [1.29, 1.82) is 0 Å². The van der Waals surface area contributed by atoms with Crippen molar-refractivity contribution in [3.8, 4) is 5.75 Å². The van der Waals surface area contributed by atoms with E-state index in [9.17, 15) is 4.79 Å². The smallest absolute Gasteiger partial charge is 0.414 e. The summed E-state index contributed by atoms with van der Waals surface area (Å²) in [5.41, 5.74) is 1.07. The van der Waals surface area contributed by atoms with E-state index < -0.39 is 11.7 Å². The molecule has 0 saturated heterocycles. The Balaban J connectivity index is 2.19. The largest absolute Gasteiger partial charge is 0.487 e. The molecule has 0 atom stereocenters. The van der Waals surface area contributed by atoms with Crippen LogP contribution in [0.25, 0.3) is 0 Å². The molecule has 2 rings (SSSR count). The molecule has 4 nitrogen and oxygen atoms in total. The van der Waals surface area contributed by atoms with Gasteiger partial charge >= 0.3 is 6.09 Å². The summed E-state index contributed by atoms with van der Waals surface area (Å²) in [4.78, 5) is 13.7. The highest BCUT2D eigenvalue weighted by atomic mass is 35.5. The van der Waals surface area contributed by atoms with E-state index in [2.05, 4.69) is 0 Å². The molecule has 5 heteroatoms. The Kier molecular flexibility index (Phi) is 5.73. The first-order chi connectivity index (χ1) is 11.3. The van der Waals surface area contributed by atoms with E-state index >= 15 is 0 Å². The van der Waals surface area contributed by atoms with Crippen LogP contribution in [0.2, 0.25) is 5.02 Å². The van der Waals surface area contributed by atoms with Crippen LogP contribution in [-0.4, -0.2) is 18.7 Å². The Labute approximate surface area is 147 Å². The van der Waals surface area contributed by atoms with Crippen LogP contribution in [0.3, 0.4) is 0 Å². The molecule has 0 radical (unpaired) electrons. The number of anilines is 1. The molecule has 0 aliphatic heterocycles. The molecule has 1 amide bonds. The normalized spacial score (nSPS) is 11.0. The summed E-state index contributed by atoms with van der Waals surface area (Å²) in [6, 6.07) is 14.9. The monoisotopic (exact) mass is 347 g/mol. The second kappa shape index (κ2) is 7.58. The molecule has 0 fully saturated rings. The van der Waals surface area contributed by atoms with Gasteiger partial charge in [0.2, 0.25) is 0 Å². The molecule has 24 heavy (non-hydrogen) atoms. The highest BCUT2D eigenvalue weighted by molar-refractivity contribution is 6.30. The summed E-state index contributed by atoms with van der Waals surface area (Å²) < 4.78 is 11.3. The van der Waals surface area contributed by atoms with Gasteiger partial charge in [-0.1, -0.05) is 41.9 Å². The van der Waals surface area contributed by atoms with Crippen molar-refractivity contribution in [3.63, 3.8) is 0 Å². The molecule has 0 aliphatic carbocycles. The lowest BCUT2D eigenvalue weighted by Crippen LogP contribution is -2.34. The fourth-order valence-electron chi connectivity index (χ4n) is 2.04. The molecule has 0 aromatic heterocycles. The fraction of sp³-hybridized carbons (Fsp3) is 0.316. The lowest BCUT2D eigenvalue weighted by atomic mass is 10.2. The molecule has 0 spiro atoms. The predicted molar refractivity (Wildman–Crippen MR) is 96.9 cm³/mol. The van der Waals surface area contributed by atoms with Gasteiger partial charge in [-0.3, -0.25) is 4.90 Å². The quantitative estimate of drug-likeness (QED) is 0.754. The highest BCUT2D eigenvalue weighted by Gasteiger charge is 2.22. The molecule has 0 N–H and O–H groups in total. The summed E-state index contributed by atoms with van der Waals surface area (Å²) in [6.45, 7) is 5.87. The average Bonchev–Trinajstić information content (AvgIpc) is 2.52. The van der Waals surface area contributed by atoms with Gasteiger partial charge in [-0.2, -0.15) is 0 Å². The van der Waals surface area contributed by atoms with Gasteiger partial charge in [0.05, 0.1) is 5.69 Å². The van der Waals surface area contributed by atoms with Gasteiger partial charge in [0.25, 0.3) is 0 Å². The van der Waals surface area contributed by atoms with Gasteiger partial charge in [0.1, 0.15) is 18.0 Å². The number of ether oxygens (including phenoxy) is 2. The number of rotatable bonds is 4. The van der Waals surface area contributed by atoms with Crippen molar-refractivity contribution in [2.75, 3.05) is 11.9 Å². The van der Waals surface area contributed by atoms with E-state index in [1.807, 2.05) is 51.1 Å².